The summed E-state index contributed by atoms with van der Waals surface area (Å²) in [6.07, 6.45) is 3.98. The molecule has 0 aromatic carbocycles. The van der Waals surface area contributed by atoms with Gasteiger partial charge < -0.3 is 4.74 Å². The first kappa shape index (κ1) is 11.2. The van der Waals surface area contributed by atoms with E-state index in [1.54, 1.807) is 0 Å². The van der Waals surface area contributed by atoms with Crippen LogP contribution in [0.2, 0.25) is 0 Å². The molecule has 0 spiro atoms. The number of nitrogens with zero attached hydrogens (tertiary/aromatic N) is 1. The highest BCUT2D eigenvalue weighted by atomic mass is 19.1. The van der Waals surface area contributed by atoms with Gasteiger partial charge in [0.05, 0.1) is 11.8 Å². The zero-order valence-electron chi connectivity index (χ0n) is 9.15. The van der Waals surface area contributed by atoms with Crippen molar-refractivity contribution < 1.29 is 13.9 Å². The van der Waals surface area contributed by atoms with Gasteiger partial charge in [-0.05, 0) is 31.7 Å². The maximum atomic E-state index is 13.4. The Hall–Kier alpha value is -1.29. The van der Waals surface area contributed by atoms with Crippen LogP contribution in [0.15, 0.2) is 18.5 Å². The maximum Gasteiger partial charge on any atom is 0.194 e. The average molecular weight is 223 g/mol. The SMILES string of the molecule is CCOC(C(=O)c1ccncc1F)C1CC1. The Labute approximate surface area is 93.6 Å². The van der Waals surface area contributed by atoms with E-state index in [4.69, 9.17) is 4.74 Å². The minimum absolute atomic E-state index is 0.0837. The summed E-state index contributed by atoms with van der Waals surface area (Å²) in [4.78, 5) is 15.7. The van der Waals surface area contributed by atoms with Crippen LogP contribution < -0.4 is 0 Å². The standard InChI is InChI=1S/C12H14FNO2/c1-2-16-12(8-3-4-8)11(15)9-5-6-14-7-10(9)13/h5-8,12H,2-4H2,1H3. The van der Waals surface area contributed by atoms with Crippen LogP contribution in [0.5, 0.6) is 0 Å². The quantitative estimate of drug-likeness (QED) is 0.718. The molecule has 1 aromatic rings. The number of carbonyl (C=O) groups excluding carboxylic acids is 1. The molecule has 3 nitrogen and oxygen atoms in total. The van der Waals surface area contributed by atoms with Crippen molar-refractivity contribution in [1.29, 1.82) is 0 Å². The molecule has 1 aromatic heterocycles. The lowest BCUT2D eigenvalue weighted by atomic mass is 10.0. The molecule has 4 heteroatoms. The fourth-order valence-electron chi connectivity index (χ4n) is 1.73. The number of carbonyl (C=O) groups is 1. The van der Waals surface area contributed by atoms with Gasteiger partial charge in [0.15, 0.2) is 11.6 Å². The summed E-state index contributed by atoms with van der Waals surface area (Å²) in [5.74, 6) is -0.567. The van der Waals surface area contributed by atoms with Crippen LogP contribution in [0.1, 0.15) is 30.1 Å². The Morgan fingerprint density at radius 1 is 1.69 bits per heavy atom. The summed E-state index contributed by atoms with van der Waals surface area (Å²) in [6, 6.07) is 1.41. The van der Waals surface area contributed by atoms with Gasteiger partial charge in [0.2, 0.25) is 0 Å². The van der Waals surface area contributed by atoms with E-state index in [1.165, 1.54) is 12.3 Å². The molecule has 0 radical (unpaired) electrons. The summed E-state index contributed by atoms with van der Waals surface area (Å²) in [6.45, 7) is 2.31. The molecular formula is C12H14FNO2. The number of pyridine rings is 1. The lowest BCUT2D eigenvalue weighted by Gasteiger charge is -2.15. The number of rotatable bonds is 5. The molecule has 2 rings (SSSR count). The van der Waals surface area contributed by atoms with Crippen molar-refractivity contribution in [1.82, 2.24) is 4.98 Å². The third kappa shape index (κ3) is 2.27. The fourth-order valence-corrected chi connectivity index (χ4v) is 1.73. The minimum atomic E-state index is -0.571. The fraction of sp³-hybridized carbons (Fsp3) is 0.500. The summed E-state index contributed by atoms with van der Waals surface area (Å²) in [7, 11) is 0. The first-order valence-corrected chi connectivity index (χ1v) is 5.49. The molecule has 86 valence electrons. The highest BCUT2D eigenvalue weighted by Gasteiger charge is 2.37. The molecule has 0 N–H and O–H groups in total. The van der Waals surface area contributed by atoms with Crippen LogP contribution in [-0.2, 0) is 4.74 Å². The molecular weight excluding hydrogens is 209 g/mol. The third-order valence-corrected chi connectivity index (χ3v) is 2.69. The van der Waals surface area contributed by atoms with E-state index < -0.39 is 11.9 Å². The Morgan fingerprint density at radius 3 is 3.00 bits per heavy atom. The van der Waals surface area contributed by atoms with E-state index in [2.05, 4.69) is 4.98 Å². The van der Waals surface area contributed by atoms with Gasteiger partial charge in [0, 0.05) is 12.8 Å². The van der Waals surface area contributed by atoms with Gasteiger partial charge in [-0.25, -0.2) is 4.39 Å². The summed E-state index contributed by atoms with van der Waals surface area (Å²) in [5.41, 5.74) is 0.0837. The first-order chi connectivity index (χ1) is 7.74. The Morgan fingerprint density at radius 2 is 2.44 bits per heavy atom. The van der Waals surface area contributed by atoms with Gasteiger partial charge in [-0.15, -0.1) is 0 Å². The molecule has 1 atom stereocenters. The Bertz CT molecular complexity index is 390. The summed E-state index contributed by atoms with van der Waals surface area (Å²) < 4.78 is 18.8. The lowest BCUT2D eigenvalue weighted by Crippen LogP contribution is -2.27. The van der Waals surface area contributed by atoms with Crippen molar-refractivity contribution in [2.75, 3.05) is 6.61 Å². The molecule has 0 amide bonds. The second kappa shape index (κ2) is 4.70. The number of halogens is 1. The zero-order chi connectivity index (χ0) is 11.5. The van der Waals surface area contributed by atoms with Crippen molar-refractivity contribution in [3.8, 4) is 0 Å². The molecule has 0 bridgehead atoms. The first-order valence-electron chi connectivity index (χ1n) is 5.49. The second-order valence-electron chi connectivity index (χ2n) is 3.93. The molecule has 1 heterocycles. The number of hydrogen-bond donors (Lipinski definition) is 0. The highest BCUT2D eigenvalue weighted by Crippen LogP contribution is 2.36. The van der Waals surface area contributed by atoms with Crippen LogP contribution in [0, 0.1) is 11.7 Å². The Kier molecular flexibility index (Phi) is 3.29. The van der Waals surface area contributed by atoms with E-state index in [9.17, 15) is 9.18 Å². The smallest absolute Gasteiger partial charge is 0.194 e. The van der Waals surface area contributed by atoms with E-state index in [1.807, 2.05) is 6.92 Å². The number of ether oxygens (including phenoxy) is 1. The van der Waals surface area contributed by atoms with Crippen LogP contribution in [0.3, 0.4) is 0 Å². The van der Waals surface area contributed by atoms with Crippen molar-refractivity contribution in [2.45, 2.75) is 25.9 Å². The number of hydrogen-bond acceptors (Lipinski definition) is 3. The normalized spacial score (nSPS) is 17.1. The van der Waals surface area contributed by atoms with Gasteiger partial charge in [-0.3, -0.25) is 9.78 Å². The summed E-state index contributed by atoms with van der Waals surface area (Å²) >= 11 is 0. The minimum Gasteiger partial charge on any atom is -0.370 e. The predicted molar refractivity (Wildman–Crippen MR) is 56.7 cm³/mol. The largest absolute Gasteiger partial charge is 0.370 e. The molecule has 16 heavy (non-hydrogen) atoms. The molecule has 1 aliphatic carbocycles. The van der Waals surface area contributed by atoms with Crippen molar-refractivity contribution in [2.24, 2.45) is 5.92 Å². The molecule has 0 aliphatic heterocycles. The number of ketones is 1. The molecule has 1 fully saturated rings. The van der Waals surface area contributed by atoms with Crippen LogP contribution in [0.25, 0.3) is 0 Å². The molecule has 1 saturated carbocycles. The number of aromatic nitrogens is 1. The average Bonchev–Trinajstić information content (AvgIpc) is 3.09. The van der Waals surface area contributed by atoms with Crippen molar-refractivity contribution >= 4 is 5.78 Å². The van der Waals surface area contributed by atoms with Crippen molar-refractivity contribution in [3.63, 3.8) is 0 Å². The maximum absolute atomic E-state index is 13.4. The topological polar surface area (TPSA) is 39.2 Å². The van der Waals surface area contributed by atoms with E-state index >= 15 is 0 Å². The Balaban J connectivity index is 2.19. The van der Waals surface area contributed by atoms with Gasteiger partial charge in [-0.1, -0.05) is 0 Å². The molecule has 1 unspecified atom stereocenters. The van der Waals surface area contributed by atoms with E-state index in [-0.39, 0.29) is 17.3 Å². The monoisotopic (exact) mass is 223 g/mol. The summed E-state index contributed by atoms with van der Waals surface area (Å²) in [5, 5.41) is 0. The highest BCUT2D eigenvalue weighted by molar-refractivity contribution is 6.00. The number of Topliss-reactive ketones (excluding diaryl/α,β-unsaturated/α-hetero) is 1. The van der Waals surface area contributed by atoms with Gasteiger partial charge in [0.25, 0.3) is 0 Å². The van der Waals surface area contributed by atoms with Gasteiger partial charge >= 0.3 is 0 Å². The second-order valence-corrected chi connectivity index (χ2v) is 3.93. The van der Waals surface area contributed by atoms with Crippen LogP contribution >= 0.6 is 0 Å². The van der Waals surface area contributed by atoms with Gasteiger partial charge in [0.1, 0.15) is 6.10 Å². The third-order valence-electron chi connectivity index (χ3n) is 2.69. The molecule has 0 saturated heterocycles. The van der Waals surface area contributed by atoms with E-state index in [0.29, 0.717) is 6.61 Å². The van der Waals surface area contributed by atoms with E-state index in [0.717, 1.165) is 19.0 Å². The van der Waals surface area contributed by atoms with Crippen LogP contribution in [0.4, 0.5) is 4.39 Å². The van der Waals surface area contributed by atoms with Crippen molar-refractivity contribution in [3.05, 3.63) is 29.8 Å². The predicted octanol–water partition coefficient (Wildman–Crippen LogP) is 2.22. The van der Waals surface area contributed by atoms with Crippen LogP contribution in [-0.4, -0.2) is 23.5 Å². The zero-order valence-corrected chi connectivity index (χ0v) is 9.15. The molecule has 1 aliphatic rings. The van der Waals surface area contributed by atoms with Gasteiger partial charge in [-0.2, -0.15) is 0 Å². The lowest BCUT2D eigenvalue weighted by molar-refractivity contribution is 0.0371.